The topological polar surface area (TPSA) is 76.1 Å². The fourth-order valence-corrected chi connectivity index (χ4v) is 4.05. The maximum absolute atomic E-state index is 6.02. The molecule has 6 nitrogen and oxygen atoms in total. The molecular weight excluding hydrogens is 394 g/mol. The predicted molar refractivity (Wildman–Crippen MR) is 122 cm³/mol. The van der Waals surface area contributed by atoms with Gasteiger partial charge in [0.1, 0.15) is 6.10 Å². The van der Waals surface area contributed by atoms with Crippen LogP contribution in [0.5, 0.6) is 0 Å². The molecule has 0 radical (unpaired) electrons. The normalized spacial score (nSPS) is 15.6. The Morgan fingerprint density at radius 1 is 1.20 bits per heavy atom. The van der Waals surface area contributed by atoms with Gasteiger partial charge in [0.2, 0.25) is 5.90 Å². The molecule has 4 rings (SSSR count). The lowest BCUT2D eigenvalue weighted by Gasteiger charge is -2.22. The van der Waals surface area contributed by atoms with Crippen LogP contribution in [0.4, 0.5) is 0 Å². The van der Waals surface area contributed by atoms with E-state index in [2.05, 4.69) is 31.7 Å². The van der Waals surface area contributed by atoms with E-state index < -0.39 is 0 Å². The lowest BCUT2D eigenvalue weighted by atomic mass is 9.98. The van der Waals surface area contributed by atoms with Crippen molar-refractivity contribution >= 4 is 22.8 Å². The molecule has 1 aliphatic carbocycles. The molecule has 1 N–H and O–H groups in total. The molecular formula is C23H25N5OS. The van der Waals surface area contributed by atoms with Gasteiger partial charge in [0.05, 0.1) is 5.69 Å². The molecule has 0 atom stereocenters. The van der Waals surface area contributed by atoms with Crippen LogP contribution in [0, 0.1) is 0 Å². The van der Waals surface area contributed by atoms with Gasteiger partial charge in [-0.25, -0.2) is 4.98 Å². The minimum Gasteiger partial charge on any atom is -0.475 e. The molecule has 30 heavy (non-hydrogen) atoms. The van der Waals surface area contributed by atoms with Crippen LogP contribution >= 0.6 is 11.3 Å². The van der Waals surface area contributed by atoms with E-state index in [1.165, 1.54) is 19.3 Å². The van der Waals surface area contributed by atoms with Crippen LogP contribution in [0.3, 0.4) is 0 Å². The van der Waals surface area contributed by atoms with Crippen molar-refractivity contribution in [2.45, 2.75) is 38.2 Å². The molecule has 0 spiro atoms. The molecule has 0 saturated heterocycles. The number of nitrogens with zero attached hydrogens (tertiary/aromatic N) is 4. The quantitative estimate of drug-likeness (QED) is 0.323. The summed E-state index contributed by atoms with van der Waals surface area (Å²) in [5, 5.41) is 11.3. The maximum atomic E-state index is 6.02. The summed E-state index contributed by atoms with van der Waals surface area (Å²) in [7, 11) is 1.75. The number of thiophene rings is 1. The zero-order valence-corrected chi connectivity index (χ0v) is 17.9. The van der Waals surface area contributed by atoms with E-state index >= 15 is 0 Å². The highest BCUT2D eigenvalue weighted by atomic mass is 32.1. The molecule has 0 amide bonds. The lowest BCUT2D eigenvalue weighted by molar-refractivity contribution is 0.144. The van der Waals surface area contributed by atoms with E-state index in [4.69, 9.17) is 4.74 Å². The Morgan fingerprint density at radius 3 is 2.77 bits per heavy atom. The Labute approximate surface area is 180 Å². The molecule has 0 aliphatic heterocycles. The van der Waals surface area contributed by atoms with Gasteiger partial charge in [-0.2, -0.15) is 16.4 Å². The fourth-order valence-electron chi connectivity index (χ4n) is 3.41. The molecule has 1 aliphatic rings. The number of H-pyrrole nitrogens is 1. The van der Waals surface area contributed by atoms with E-state index in [1.807, 2.05) is 41.1 Å². The minimum absolute atomic E-state index is 0.272. The second-order valence-corrected chi connectivity index (χ2v) is 8.03. The van der Waals surface area contributed by atoms with Crippen molar-refractivity contribution in [3.05, 3.63) is 59.6 Å². The molecule has 1 saturated carbocycles. The largest absolute Gasteiger partial charge is 0.475 e. The van der Waals surface area contributed by atoms with E-state index in [0.717, 1.165) is 35.2 Å². The Bertz CT molecular complexity index is 1030. The van der Waals surface area contributed by atoms with Crippen LogP contribution in [0.15, 0.2) is 58.9 Å². The van der Waals surface area contributed by atoms with Crippen molar-refractivity contribution in [3.8, 4) is 22.8 Å². The zero-order valence-electron chi connectivity index (χ0n) is 17.0. The summed E-state index contributed by atoms with van der Waals surface area (Å²) in [5.41, 5.74) is 3.47. The predicted octanol–water partition coefficient (Wildman–Crippen LogP) is 5.54. The third-order valence-corrected chi connectivity index (χ3v) is 5.80. The average molecular weight is 420 g/mol. The van der Waals surface area contributed by atoms with Crippen molar-refractivity contribution in [2.24, 2.45) is 4.99 Å². The number of hydrogen-bond donors (Lipinski definition) is 1. The van der Waals surface area contributed by atoms with Crippen molar-refractivity contribution in [2.75, 3.05) is 7.05 Å². The van der Waals surface area contributed by atoms with Crippen molar-refractivity contribution < 1.29 is 4.74 Å². The molecule has 154 valence electrons. The molecule has 3 heterocycles. The summed E-state index contributed by atoms with van der Waals surface area (Å²) in [5.74, 6) is 2.02. The first-order chi connectivity index (χ1) is 14.7. The Morgan fingerprint density at radius 2 is 2.07 bits per heavy atom. The minimum atomic E-state index is 0.272. The van der Waals surface area contributed by atoms with Gasteiger partial charge in [0.15, 0.2) is 11.6 Å². The molecule has 3 aromatic heterocycles. The number of aromatic amines is 1. The van der Waals surface area contributed by atoms with Crippen molar-refractivity contribution in [1.82, 2.24) is 20.2 Å². The smallest absolute Gasteiger partial charge is 0.208 e. The third-order valence-electron chi connectivity index (χ3n) is 5.12. The Kier molecular flexibility index (Phi) is 6.49. The van der Waals surface area contributed by atoms with Crippen LogP contribution in [0.1, 0.15) is 37.8 Å². The van der Waals surface area contributed by atoms with Gasteiger partial charge in [0.25, 0.3) is 0 Å². The maximum Gasteiger partial charge on any atom is 0.208 e. The van der Waals surface area contributed by atoms with Gasteiger partial charge >= 0.3 is 0 Å². The van der Waals surface area contributed by atoms with Crippen molar-refractivity contribution in [3.63, 3.8) is 0 Å². The van der Waals surface area contributed by atoms with E-state index in [1.54, 1.807) is 24.6 Å². The lowest BCUT2D eigenvalue weighted by Crippen LogP contribution is -2.19. The van der Waals surface area contributed by atoms with Crippen LogP contribution in [-0.2, 0) is 4.74 Å². The monoisotopic (exact) mass is 419 g/mol. The van der Waals surface area contributed by atoms with Gasteiger partial charge in [-0.15, -0.1) is 0 Å². The number of rotatable bonds is 6. The highest BCUT2D eigenvalue weighted by molar-refractivity contribution is 7.08. The molecule has 0 bridgehead atoms. The van der Waals surface area contributed by atoms with Gasteiger partial charge in [-0.05, 0) is 60.9 Å². The third kappa shape index (κ3) is 4.91. The number of aromatic nitrogens is 4. The summed E-state index contributed by atoms with van der Waals surface area (Å²) < 4.78 is 6.02. The highest BCUT2D eigenvalue weighted by Gasteiger charge is 2.15. The Balaban J connectivity index is 1.39. The summed E-state index contributed by atoms with van der Waals surface area (Å²) in [4.78, 5) is 13.3. The first-order valence-corrected chi connectivity index (χ1v) is 11.1. The van der Waals surface area contributed by atoms with Crippen LogP contribution in [-0.4, -0.2) is 39.2 Å². The number of ether oxygens (including phenoxy) is 1. The van der Waals surface area contributed by atoms with E-state index in [0.29, 0.717) is 17.5 Å². The average Bonchev–Trinajstić information content (AvgIpc) is 3.49. The number of aliphatic imine (C=N–C) groups is 1. The van der Waals surface area contributed by atoms with E-state index in [-0.39, 0.29) is 6.10 Å². The molecule has 7 heteroatoms. The zero-order chi connectivity index (χ0) is 20.8. The first kappa shape index (κ1) is 20.2. The van der Waals surface area contributed by atoms with Gasteiger partial charge in [-0.3, -0.25) is 15.1 Å². The highest BCUT2D eigenvalue weighted by Crippen LogP contribution is 2.23. The second kappa shape index (κ2) is 9.63. The summed E-state index contributed by atoms with van der Waals surface area (Å²) in [6.45, 7) is 4.12. The number of pyridine rings is 1. The molecule has 0 unspecified atom stereocenters. The van der Waals surface area contributed by atoms with Gasteiger partial charge in [-0.1, -0.05) is 13.0 Å². The number of hydrogen-bond acceptors (Lipinski definition) is 6. The summed E-state index contributed by atoms with van der Waals surface area (Å²) in [6.07, 6.45) is 11.8. The SMILES string of the molecule is C=C(/C=C\C(=NC)OC1CCCCC1)c1ccc(-c2nc(-c3ccsc3)n[nH]2)cn1. The summed E-state index contributed by atoms with van der Waals surface area (Å²) in [6, 6.07) is 5.90. The van der Waals surface area contributed by atoms with Gasteiger partial charge in [0, 0.05) is 35.8 Å². The van der Waals surface area contributed by atoms with Crippen LogP contribution < -0.4 is 0 Å². The van der Waals surface area contributed by atoms with E-state index in [9.17, 15) is 0 Å². The number of allylic oxidation sites excluding steroid dienone is 2. The van der Waals surface area contributed by atoms with Gasteiger partial charge < -0.3 is 4.74 Å². The standard InChI is InChI=1S/C23H25N5OS/c1-16(8-11-21(24-2)29-19-6-4-3-5-7-19)20-10-9-17(14-25-20)22-26-23(28-27-22)18-12-13-30-15-18/h8-15,19H,1,3-7H2,2H3,(H,26,27,28)/b11-8-,24-21?. The molecule has 1 fully saturated rings. The molecule has 0 aromatic carbocycles. The van der Waals surface area contributed by atoms with Crippen molar-refractivity contribution in [1.29, 1.82) is 0 Å². The molecule has 3 aromatic rings. The fraction of sp³-hybridized carbons (Fsp3) is 0.304. The number of nitrogens with one attached hydrogen (secondary N) is 1. The van der Waals surface area contributed by atoms with Crippen LogP contribution in [0.25, 0.3) is 28.3 Å². The Hall–Kier alpha value is -3.06. The first-order valence-electron chi connectivity index (χ1n) is 10.1. The summed E-state index contributed by atoms with van der Waals surface area (Å²) >= 11 is 1.62. The van der Waals surface area contributed by atoms with Crippen LogP contribution in [0.2, 0.25) is 0 Å². The second-order valence-electron chi connectivity index (χ2n) is 7.25.